The van der Waals surface area contributed by atoms with Gasteiger partial charge < -0.3 is 14.5 Å². The van der Waals surface area contributed by atoms with Crippen LogP contribution < -0.4 is 15.4 Å². The number of carbonyl (C=O) groups is 2. The van der Waals surface area contributed by atoms with Gasteiger partial charge in [-0.05, 0) is 36.8 Å². The lowest BCUT2D eigenvalue weighted by atomic mass is 10.2. The van der Waals surface area contributed by atoms with Crippen LogP contribution in [0.5, 0.6) is 5.75 Å². The second kappa shape index (κ2) is 7.83. The summed E-state index contributed by atoms with van der Waals surface area (Å²) in [4.78, 5) is 28.4. The molecule has 0 aliphatic carbocycles. The average molecular weight is 371 g/mol. The maximum Gasteiger partial charge on any atom is 0.293 e. The third-order valence-electron chi connectivity index (χ3n) is 3.49. The van der Waals surface area contributed by atoms with Gasteiger partial charge in [-0.25, -0.2) is 4.98 Å². The van der Waals surface area contributed by atoms with Crippen molar-refractivity contribution in [2.45, 2.75) is 13.3 Å². The van der Waals surface area contributed by atoms with Crippen LogP contribution in [0.15, 0.2) is 46.4 Å². The zero-order valence-electron chi connectivity index (χ0n) is 14.2. The SMILES string of the molecule is COc1ccc(C)cc1NC(=O)Cc1csc(NC(=O)c2ccco2)n1. The molecule has 3 aromatic rings. The molecule has 7 nitrogen and oxygen atoms in total. The minimum atomic E-state index is -0.384. The van der Waals surface area contributed by atoms with Gasteiger partial charge in [0.25, 0.3) is 5.91 Å². The first kappa shape index (κ1) is 17.7. The molecule has 0 unspecified atom stereocenters. The third-order valence-corrected chi connectivity index (χ3v) is 4.29. The number of carbonyl (C=O) groups excluding carboxylic acids is 2. The van der Waals surface area contributed by atoms with Crippen LogP contribution in [-0.4, -0.2) is 23.9 Å². The minimum absolute atomic E-state index is 0.0875. The molecule has 0 saturated carbocycles. The molecule has 134 valence electrons. The van der Waals surface area contributed by atoms with E-state index in [0.717, 1.165) is 5.56 Å². The molecular weight excluding hydrogens is 354 g/mol. The predicted molar refractivity (Wildman–Crippen MR) is 98.8 cm³/mol. The molecule has 3 rings (SSSR count). The van der Waals surface area contributed by atoms with E-state index >= 15 is 0 Å². The molecule has 2 aromatic heterocycles. The molecular formula is C18H17N3O4S. The highest BCUT2D eigenvalue weighted by Gasteiger charge is 2.14. The normalized spacial score (nSPS) is 10.4. The fourth-order valence-electron chi connectivity index (χ4n) is 2.29. The number of aryl methyl sites for hydroxylation is 1. The summed E-state index contributed by atoms with van der Waals surface area (Å²) in [5.41, 5.74) is 2.19. The highest BCUT2D eigenvalue weighted by atomic mass is 32.1. The molecule has 0 saturated heterocycles. The molecule has 8 heteroatoms. The Labute approximate surface area is 154 Å². The van der Waals surface area contributed by atoms with Crippen molar-refractivity contribution in [3.05, 3.63) is 59.0 Å². The lowest BCUT2D eigenvalue weighted by molar-refractivity contribution is -0.115. The average Bonchev–Trinajstić information content (AvgIpc) is 3.27. The number of amides is 2. The molecule has 0 fully saturated rings. The molecule has 0 aliphatic heterocycles. The Kier molecular flexibility index (Phi) is 5.33. The van der Waals surface area contributed by atoms with Crippen LogP contribution in [-0.2, 0) is 11.2 Å². The summed E-state index contributed by atoms with van der Waals surface area (Å²) in [6, 6.07) is 8.74. The summed E-state index contributed by atoms with van der Waals surface area (Å²) in [7, 11) is 1.55. The lowest BCUT2D eigenvalue weighted by Gasteiger charge is -2.10. The molecule has 2 amide bonds. The monoisotopic (exact) mass is 371 g/mol. The highest BCUT2D eigenvalue weighted by Crippen LogP contribution is 2.25. The summed E-state index contributed by atoms with van der Waals surface area (Å²) in [6.45, 7) is 1.93. The van der Waals surface area contributed by atoms with E-state index in [4.69, 9.17) is 9.15 Å². The van der Waals surface area contributed by atoms with E-state index in [2.05, 4.69) is 15.6 Å². The van der Waals surface area contributed by atoms with Crippen molar-refractivity contribution in [2.24, 2.45) is 0 Å². The number of benzene rings is 1. The maximum atomic E-state index is 12.3. The van der Waals surface area contributed by atoms with Crippen LogP contribution >= 0.6 is 11.3 Å². The maximum absolute atomic E-state index is 12.3. The Morgan fingerprint density at radius 2 is 2.12 bits per heavy atom. The van der Waals surface area contributed by atoms with Crippen molar-refractivity contribution in [1.29, 1.82) is 0 Å². The van der Waals surface area contributed by atoms with Crippen LogP contribution in [0.25, 0.3) is 0 Å². The minimum Gasteiger partial charge on any atom is -0.495 e. The van der Waals surface area contributed by atoms with E-state index in [-0.39, 0.29) is 24.0 Å². The van der Waals surface area contributed by atoms with Gasteiger partial charge >= 0.3 is 0 Å². The van der Waals surface area contributed by atoms with Gasteiger partial charge in [-0.1, -0.05) is 6.07 Å². The summed E-state index contributed by atoms with van der Waals surface area (Å²) < 4.78 is 10.3. The van der Waals surface area contributed by atoms with Gasteiger partial charge in [-0.2, -0.15) is 0 Å². The fourth-order valence-corrected chi connectivity index (χ4v) is 3.00. The first-order valence-corrected chi connectivity index (χ1v) is 8.67. The number of rotatable bonds is 6. The van der Waals surface area contributed by atoms with Gasteiger partial charge in [-0.15, -0.1) is 11.3 Å². The molecule has 26 heavy (non-hydrogen) atoms. The predicted octanol–water partition coefficient (Wildman–Crippen LogP) is 3.49. The number of furan rings is 1. The zero-order chi connectivity index (χ0) is 18.5. The van der Waals surface area contributed by atoms with E-state index < -0.39 is 0 Å². The standard InChI is InChI=1S/C18H17N3O4S/c1-11-5-6-14(24-2)13(8-11)20-16(22)9-12-10-26-18(19-12)21-17(23)15-4-3-7-25-15/h3-8,10H,9H2,1-2H3,(H,20,22)(H,19,21,23). The van der Waals surface area contributed by atoms with Gasteiger partial charge in [0.05, 0.1) is 31.2 Å². The van der Waals surface area contributed by atoms with E-state index in [0.29, 0.717) is 22.3 Å². The second-order valence-electron chi connectivity index (χ2n) is 5.50. The number of hydrogen-bond acceptors (Lipinski definition) is 6. The van der Waals surface area contributed by atoms with Crippen LogP contribution in [0.2, 0.25) is 0 Å². The summed E-state index contributed by atoms with van der Waals surface area (Å²) in [5.74, 6) is 0.188. The van der Waals surface area contributed by atoms with Gasteiger partial charge in [0.1, 0.15) is 5.75 Å². The molecule has 0 spiro atoms. The molecule has 0 bridgehead atoms. The first-order valence-electron chi connectivity index (χ1n) is 7.79. The van der Waals surface area contributed by atoms with Crippen LogP contribution in [0, 0.1) is 6.92 Å². The van der Waals surface area contributed by atoms with Gasteiger partial charge in [-0.3, -0.25) is 14.9 Å². The van der Waals surface area contributed by atoms with E-state index in [1.165, 1.54) is 17.6 Å². The van der Waals surface area contributed by atoms with Crippen molar-refractivity contribution in [3.63, 3.8) is 0 Å². The number of hydrogen-bond donors (Lipinski definition) is 2. The first-order chi connectivity index (χ1) is 12.5. The largest absolute Gasteiger partial charge is 0.495 e. The van der Waals surface area contributed by atoms with Crippen LogP contribution in [0.3, 0.4) is 0 Å². The molecule has 0 atom stereocenters. The van der Waals surface area contributed by atoms with E-state index in [1.54, 1.807) is 30.7 Å². The summed E-state index contributed by atoms with van der Waals surface area (Å²) in [5, 5.41) is 7.59. The number of aromatic nitrogens is 1. The number of nitrogens with zero attached hydrogens (tertiary/aromatic N) is 1. The second-order valence-corrected chi connectivity index (χ2v) is 6.36. The van der Waals surface area contributed by atoms with Crippen molar-refractivity contribution in [3.8, 4) is 5.75 Å². The lowest BCUT2D eigenvalue weighted by Crippen LogP contribution is -2.15. The summed E-state index contributed by atoms with van der Waals surface area (Å²) in [6.07, 6.45) is 1.51. The number of thiazole rings is 1. The number of methoxy groups -OCH3 is 1. The molecule has 0 aliphatic rings. The van der Waals surface area contributed by atoms with Gasteiger partial charge in [0.15, 0.2) is 10.9 Å². The third kappa shape index (κ3) is 4.28. The zero-order valence-corrected chi connectivity index (χ0v) is 15.1. The Morgan fingerprint density at radius 1 is 1.27 bits per heavy atom. The summed E-state index contributed by atoms with van der Waals surface area (Å²) >= 11 is 1.24. The number of ether oxygens (including phenoxy) is 1. The Morgan fingerprint density at radius 3 is 2.85 bits per heavy atom. The quantitative estimate of drug-likeness (QED) is 0.692. The van der Waals surface area contributed by atoms with Crippen molar-refractivity contribution >= 4 is 34.0 Å². The number of anilines is 2. The van der Waals surface area contributed by atoms with E-state index in [9.17, 15) is 9.59 Å². The van der Waals surface area contributed by atoms with Crippen LogP contribution in [0.1, 0.15) is 21.8 Å². The van der Waals surface area contributed by atoms with Crippen molar-refractivity contribution in [2.75, 3.05) is 17.7 Å². The molecule has 1 aromatic carbocycles. The highest BCUT2D eigenvalue weighted by molar-refractivity contribution is 7.14. The topological polar surface area (TPSA) is 93.5 Å². The van der Waals surface area contributed by atoms with Crippen molar-refractivity contribution < 1.29 is 18.7 Å². The Hall–Kier alpha value is -3.13. The van der Waals surface area contributed by atoms with Gasteiger partial charge in [0, 0.05) is 5.38 Å². The smallest absolute Gasteiger partial charge is 0.293 e. The Balaban J connectivity index is 1.61. The van der Waals surface area contributed by atoms with E-state index in [1.807, 2.05) is 19.1 Å². The van der Waals surface area contributed by atoms with Crippen LogP contribution in [0.4, 0.5) is 10.8 Å². The molecule has 0 radical (unpaired) electrons. The molecule has 2 heterocycles. The number of nitrogens with one attached hydrogen (secondary N) is 2. The molecule has 2 N–H and O–H groups in total. The fraction of sp³-hybridized carbons (Fsp3) is 0.167. The van der Waals surface area contributed by atoms with Gasteiger partial charge in [0.2, 0.25) is 5.91 Å². The Bertz CT molecular complexity index is 918. The van der Waals surface area contributed by atoms with Crippen molar-refractivity contribution in [1.82, 2.24) is 4.98 Å².